The van der Waals surface area contributed by atoms with Gasteiger partial charge in [0.1, 0.15) is 0 Å². The number of nitriles is 1. The van der Waals surface area contributed by atoms with E-state index >= 15 is 0 Å². The molecule has 10 heteroatoms. The van der Waals surface area contributed by atoms with Crippen molar-refractivity contribution in [1.29, 1.82) is 5.26 Å². The second kappa shape index (κ2) is 13.4. The fourth-order valence-corrected chi connectivity index (χ4v) is 7.50. The van der Waals surface area contributed by atoms with Gasteiger partial charge in [-0.3, -0.25) is 14.2 Å². The van der Waals surface area contributed by atoms with E-state index in [1.807, 2.05) is 98.1 Å². The van der Waals surface area contributed by atoms with E-state index in [1.54, 1.807) is 37.8 Å². The lowest BCUT2D eigenvalue weighted by molar-refractivity contribution is -0.113. The number of benzene rings is 4. The molecule has 7 rings (SSSR count). The van der Waals surface area contributed by atoms with Crippen molar-refractivity contribution in [3.63, 3.8) is 0 Å². The van der Waals surface area contributed by atoms with Crippen LogP contribution in [0.3, 0.4) is 0 Å². The van der Waals surface area contributed by atoms with Crippen molar-refractivity contribution in [2.45, 2.75) is 26.4 Å². The second-order valence-corrected chi connectivity index (χ2v) is 13.0. The summed E-state index contributed by atoms with van der Waals surface area (Å²) in [6.07, 6.45) is 3.89. The number of aromatic nitrogens is 2. The van der Waals surface area contributed by atoms with Crippen molar-refractivity contribution in [3.05, 3.63) is 156 Å². The van der Waals surface area contributed by atoms with E-state index in [0.717, 1.165) is 27.6 Å². The summed E-state index contributed by atoms with van der Waals surface area (Å²) < 4.78 is 15.3. The van der Waals surface area contributed by atoms with Gasteiger partial charge in [0.2, 0.25) is 0 Å². The lowest BCUT2D eigenvalue weighted by Gasteiger charge is -2.26. The summed E-state index contributed by atoms with van der Waals surface area (Å²) in [5.74, 6) is 0.658. The first-order chi connectivity index (χ1) is 24.3. The van der Waals surface area contributed by atoms with E-state index in [9.17, 15) is 14.9 Å². The summed E-state index contributed by atoms with van der Waals surface area (Å²) in [5, 5.41) is 13.7. The molecular weight excluding hydrogens is 647 g/mol. The van der Waals surface area contributed by atoms with Gasteiger partial charge in [-0.05, 0) is 66.9 Å². The van der Waals surface area contributed by atoms with E-state index in [2.05, 4.69) is 16.0 Å². The molecule has 0 saturated carbocycles. The fourth-order valence-electron chi connectivity index (χ4n) is 6.47. The van der Waals surface area contributed by atoms with Crippen molar-refractivity contribution in [2.75, 3.05) is 19.5 Å². The first-order valence-corrected chi connectivity index (χ1v) is 16.8. The van der Waals surface area contributed by atoms with Gasteiger partial charge in [-0.1, -0.05) is 72.0 Å². The van der Waals surface area contributed by atoms with Gasteiger partial charge in [-0.2, -0.15) is 5.26 Å². The molecule has 0 spiro atoms. The van der Waals surface area contributed by atoms with Crippen molar-refractivity contribution >= 4 is 39.9 Å². The lowest BCUT2D eigenvalue weighted by Crippen LogP contribution is -2.40. The molecule has 6 aromatic rings. The maximum absolute atomic E-state index is 14.5. The third-order valence-electron chi connectivity index (χ3n) is 8.97. The Kier molecular flexibility index (Phi) is 8.66. The highest BCUT2D eigenvalue weighted by Gasteiger charge is 2.33. The Morgan fingerprint density at radius 3 is 2.50 bits per heavy atom. The Labute approximate surface area is 292 Å². The molecule has 0 radical (unpaired) electrons. The summed E-state index contributed by atoms with van der Waals surface area (Å²) in [7, 11) is 3.11. The Bertz CT molecular complexity index is 2570. The number of carbonyl (C=O) groups excluding carboxylic acids is 1. The van der Waals surface area contributed by atoms with Crippen LogP contribution in [0.25, 0.3) is 17.0 Å². The minimum atomic E-state index is -0.791. The number of rotatable bonds is 8. The van der Waals surface area contributed by atoms with Gasteiger partial charge in [-0.25, -0.2) is 4.99 Å². The minimum Gasteiger partial charge on any atom is -0.493 e. The summed E-state index contributed by atoms with van der Waals surface area (Å²) in [6, 6.07) is 30.0. The Balaban J connectivity index is 1.38. The number of hydrogen-bond acceptors (Lipinski definition) is 7. The van der Waals surface area contributed by atoms with Crippen LogP contribution in [0.5, 0.6) is 11.5 Å². The molecule has 248 valence electrons. The monoisotopic (exact) mass is 679 g/mol. The normalized spacial score (nSPS) is 14.2. The SMILES string of the molecule is COc1ccc([C@@H]2C(C(=O)Nc3ccccc3C)=C(C)N=c3s/c(=C\c4cn(Cc5ccccc5C#N)c5ccccc45)c(=O)n32)cc1OC. The number of nitrogens with one attached hydrogen (secondary N) is 1. The van der Waals surface area contributed by atoms with Gasteiger partial charge < -0.3 is 19.4 Å². The number of hydrogen-bond donors (Lipinski definition) is 1. The van der Waals surface area contributed by atoms with Crippen LogP contribution in [0.15, 0.2) is 118 Å². The lowest BCUT2D eigenvalue weighted by atomic mass is 9.94. The quantitative estimate of drug-likeness (QED) is 0.210. The zero-order chi connectivity index (χ0) is 34.9. The molecule has 0 fully saturated rings. The molecule has 1 aliphatic heterocycles. The van der Waals surface area contributed by atoms with Gasteiger partial charge in [0.05, 0.1) is 47.7 Å². The third kappa shape index (κ3) is 5.78. The smallest absolute Gasteiger partial charge is 0.271 e. The maximum atomic E-state index is 14.5. The van der Waals surface area contributed by atoms with E-state index in [0.29, 0.717) is 55.5 Å². The number of aryl methyl sites for hydroxylation is 1. The van der Waals surface area contributed by atoms with Crippen molar-refractivity contribution in [1.82, 2.24) is 9.13 Å². The molecule has 0 bridgehead atoms. The summed E-state index contributed by atoms with van der Waals surface area (Å²) in [4.78, 5) is 33.9. The molecule has 50 heavy (non-hydrogen) atoms. The molecule has 1 N–H and O–H groups in total. The van der Waals surface area contributed by atoms with Crippen LogP contribution in [0.4, 0.5) is 5.69 Å². The van der Waals surface area contributed by atoms with E-state index in [1.165, 1.54) is 11.3 Å². The van der Waals surface area contributed by atoms with Crippen LogP contribution in [-0.4, -0.2) is 29.3 Å². The summed E-state index contributed by atoms with van der Waals surface area (Å²) in [6.45, 7) is 4.22. The van der Waals surface area contributed by atoms with Gasteiger partial charge in [-0.15, -0.1) is 0 Å². The number of ether oxygens (including phenoxy) is 2. The number of thiazole rings is 1. The molecule has 2 aromatic heterocycles. The Morgan fingerprint density at radius 1 is 0.980 bits per heavy atom. The van der Waals surface area contributed by atoms with Gasteiger partial charge in [0.25, 0.3) is 11.5 Å². The predicted molar refractivity (Wildman–Crippen MR) is 195 cm³/mol. The van der Waals surface area contributed by atoms with E-state index < -0.39 is 6.04 Å². The average Bonchev–Trinajstić information content (AvgIpc) is 3.63. The fraction of sp³-hybridized carbons (Fsp3) is 0.150. The van der Waals surface area contributed by atoms with E-state index in [4.69, 9.17) is 14.5 Å². The Morgan fingerprint density at radius 2 is 1.72 bits per heavy atom. The minimum absolute atomic E-state index is 0.270. The van der Waals surface area contributed by atoms with Crippen LogP contribution in [-0.2, 0) is 11.3 Å². The molecule has 1 aliphatic rings. The highest BCUT2D eigenvalue weighted by molar-refractivity contribution is 7.07. The number of para-hydroxylation sites is 2. The highest BCUT2D eigenvalue weighted by atomic mass is 32.1. The van der Waals surface area contributed by atoms with Crippen molar-refractivity contribution in [2.24, 2.45) is 4.99 Å². The highest BCUT2D eigenvalue weighted by Crippen LogP contribution is 2.36. The zero-order valence-corrected chi connectivity index (χ0v) is 28.7. The molecule has 0 aliphatic carbocycles. The van der Waals surface area contributed by atoms with Gasteiger partial charge in [0.15, 0.2) is 16.3 Å². The van der Waals surface area contributed by atoms with Crippen LogP contribution in [0, 0.1) is 18.3 Å². The largest absolute Gasteiger partial charge is 0.493 e. The second-order valence-electron chi connectivity index (χ2n) is 12.0. The van der Waals surface area contributed by atoms with Gasteiger partial charge in [0, 0.05) is 34.9 Å². The van der Waals surface area contributed by atoms with Crippen LogP contribution < -0.4 is 29.7 Å². The molecule has 1 amide bonds. The first kappa shape index (κ1) is 32.4. The summed E-state index contributed by atoms with van der Waals surface area (Å²) >= 11 is 1.28. The number of amides is 1. The topological polar surface area (TPSA) is 111 Å². The molecule has 0 unspecified atom stereocenters. The number of methoxy groups -OCH3 is 2. The van der Waals surface area contributed by atoms with Crippen LogP contribution in [0.1, 0.15) is 40.8 Å². The van der Waals surface area contributed by atoms with E-state index in [-0.39, 0.29) is 11.5 Å². The molecule has 1 atom stereocenters. The standard InChI is InChI=1S/C40H33N5O4S/c1-24-11-5-9-15-31(24)43-38(46)36-25(2)42-40-45(37(36)26-17-18-33(48-3)34(19-26)49-4)39(47)35(50-40)20-29-23-44(32-16-10-8-14-30(29)32)22-28-13-7-6-12-27(28)21-41/h5-20,23,37H,22H2,1-4H3,(H,43,46)/b35-20-/t37-/m1/s1. The molecule has 0 saturated heterocycles. The van der Waals surface area contributed by atoms with Crippen molar-refractivity contribution < 1.29 is 14.3 Å². The number of fused-ring (bicyclic) bond motifs is 2. The molecule has 4 aromatic carbocycles. The van der Waals surface area contributed by atoms with Crippen molar-refractivity contribution in [3.8, 4) is 17.6 Å². The maximum Gasteiger partial charge on any atom is 0.271 e. The molecule has 3 heterocycles. The van der Waals surface area contributed by atoms with Crippen LogP contribution in [0.2, 0.25) is 0 Å². The average molecular weight is 680 g/mol. The van der Waals surface area contributed by atoms with Gasteiger partial charge >= 0.3 is 0 Å². The number of anilines is 1. The molecule has 9 nitrogen and oxygen atoms in total. The zero-order valence-electron chi connectivity index (χ0n) is 27.9. The number of allylic oxidation sites excluding steroid dienone is 1. The number of carbonyl (C=O) groups is 1. The molecular formula is C40H33N5O4S. The van der Waals surface area contributed by atoms with Crippen LogP contribution >= 0.6 is 11.3 Å². The third-order valence-corrected chi connectivity index (χ3v) is 9.95. The number of nitrogens with zero attached hydrogens (tertiary/aromatic N) is 4. The summed E-state index contributed by atoms with van der Waals surface area (Å²) in [5.41, 5.74) is 6.22. The Hall–Kier alpha value is -6.18. The first-order valence-electron chi connectivity index (χ1n) is 16.0. The predicted octanol–water partition coefficient (Wildman–Crippen LogP) is 6.07.